The molecule has 4 heteroatoms. The second kappa shape index (κ2) is 6.22. The Morgan fingerprint density at radius 1 is 1.04 bits per heavy atom. The topological polar surface area (TPSA) is 51.8 Å². The zero-order chi connectivity index (χ0) is 17.4. The molecule has 0 amide bonds. The number of hydrogen-bond donors (Lipinski definition) is 1. The van der Waals surface area contributed by atoms with Gasteiger partial charge in [0.2, 0.25) is 0 Å². The quantitative estimate of drug-likeness (QED) is 0.461. The van der Waals surface area contributed by atoms with Crippen LogP contribution in [0.1, 0.15) is 17.0 Å². The van der Waals surface area contributed by atoms with Crippen LogP contribution in [0.4, 0.5) is 0 Å². The number of rotatable bonds is 4. The molecule has 0 radical (unpaired) electrons. The second-order valence-electron chi connectivity index (χ2n) is 6.47. The van der Waals surface area contributed by atoms with E-state index >= 15 is 0 Å². The van der Waals surface area contributed by atoms with Gasteiger partial charge in [-0.25, -0.2) is 4.79 Å². The van der Waals surface area contributed by atoms with E-state index in [9.17, 15) is 4.79 Å². The summed E-state index contributed by atoms with van der Waals surface area (Å²) in [6, 6.07) is 18.0. The Hall–Kier alpha value is -2.85. The molecule has 2 aromatic carbocycles. The molecule has 0 bridgehead atoms. The maximum absolute atomic E-state index is 11.9. The normalized spacial score (nSPS) is 11.4. The summed E-state index contributed by atoms with van der Waals surface area (Å²) in [6.45, 7) is 3.71. The van der Waals surface area contributed by atoms with Gasteiger partial charge in [0.05, 0.1) is 5.69 Å². The number of nitrogens with zero attached hydrogens (tertiary/aromatic N) is 1. The van der Waals surface area contributed by atoms with Crippen LogP contribution >= 0.6 is 0 Å². The van der Waals surface area contributed by atoms with Gasteiger partial charge in [-0.15, -0.1) is 0 Å². The van der Waals surface area contributed by atoms with Crippen LogP contribution in [0.15, 0.2) is 63.8 Å². The first kappa shape index (κ1) is 15.7. The lowest BCUT2D eigenvalue weighted by Gasteiger charge is -2.09. The summed E-state index contributed by atoms with van der Waals surface area (Å²) in [6.07, 6.45) is 0. The van der Waals surface area contributed by atoms with E-state index in [4.69, 9.17) is 4.42 Å². The van der Waals surface area contributed by atoms with Gasteiger partial charge in [-0.2, -0.15) is 0 Å². The first-order valence-electron chi connectivity index (χ1n) is 8.51. The summed E-state index contributed by atoms with van der Waals surface area (Å²) in [5, 5.41) is 5.55. The Morgan fingerprint density at radius 2 is 1.88 bits per heavy atom. The summed E-state index contributed by atoms with van der Waals surface area (Å²) in [7, 11) is 2.08. The molecule has 0 atom stereocenters. The van der Waals surface area contributed by atoms with Crippen LogP contribution in [0.2, 0.25) is 0 Å². The van der Waals surface area contributed by atoms with Crippen molar-refractivity contribution in [1.82, 2.24) is 4.57 Å². The van der Waals surface area contributed by atoms with Crippen LogP contribution in [0.5, 0.6) is 0 Å². The maximum Gasteiger partial charge on any atom is 0.336 e. The molecule has 0 fully saturated rings. The molecular weight excluding hydrogens is 312 g/mol. The lowest BCUT2D eigenvalue weighted by atomic mass is 10.0. The van der Waals surface area contributed by atoms with Crippen LogP contribution < -0.4 is 10.9 Å². The maximum atomic E-state index is 11.9. The van der Waals surface area contributed by atoms with Crippen molar-refractivity contribution in [3.8, 4) is 0 Å². The number of benzene rings is 2. The minimum Gasteiger partial charge on any atom is -0.423 e. The van der Waals surface area contributed by atoms with Crippen molar-refractivity contribution < 1.29 is 9.73 Å². The third-order valence-electron chi connectivity index (χ3n) is 4.91. The molecule has 126 valence electrons. The fourth-order valence-electron chi connectivity index (χ4n) is 3.43. The molecule has 25 heavy (non-hydrogen) atoms. The van der Waals surface area contributed by atoms with Gasteiger partial charge in [0, 0.05) is 29.8 Å². The Balaban J connectivity index is 1.72. The van der Waals surface area contributed by atoms with Gasteiger partial charge in [0.25, 0.3) is 0 Å². The number of aromatic nitrogens is 1. The molecule has 0 saturated carbocycles. The van der Waals surface area contributed by atoms with E-state index in [1.54, 1.807) is 6.07 Å². The molecule has 0 aliphatic carbocycles. The molecule has 0 spiro atoms. The molecule has 2 N–H and O–H groups in total. The minimum absolute atomic E-state index is 0.291. The van der Waals surface area contributed by atoms with E-state index in [2.05, 4.69) is 48.1 Å². The van der Waals surface area contributed by atoms with Gasteiger partial charge in [-0.3, -0.25) is 0 Å². The highest BCUT2D eigenvalue weighted by Gasteiger charge is 2.11. The summed E-state index contributed by atoms with van der Waals surface area (Å²) in [4.78, 5) is 11.9. The average Bonchev–Trinajstić information content (AvgIpc) is 2.93. The molecule has 4 aromatic rings. The smallest absolute Gasteiger partial charge is 0.336 e. The van der Waals surface area contributed by atoms with Crippen LogP contribution in [-0.2, 0) is 20.1 Å². The summed E-state index contributed by atoms with van der Waals surface area (Å²) < 4.78 is 7.62. The number of nitrogens with two attached hydrogens (primary N) is 1. The molecule has 4 rings (SSSR count). The van der Waals surface area contributed by atoms with Crippen molar-refractivity contribution in [3.63, 3.8) is 0 Å². The zero-order valence-electron chi connectivity index (χ0n) is 14.5. The van der Waals surface area contributed by atoms with E-state index in [0.717, 1.165) is 34.8 Å². The Morgan fingerprint density at radius 3 is 2.68 bits per heavy atom. The van der Waals surface area contributed by atoms with E-state index in [1.165, 1.54) is 11.4 Å². The summed E-state index contributed by atoms with van der Waals surface area (Å²) in [5.74, 6) is 0. The first-order chi connectivity index (χ1) is 12.1. The van der Waals surface area contributed by atoms with Crippen LogP contribution in [0.3, 0.4) is 0 Å². The van der Waals surface area contributed by atoms with E-state index in [1.807, 2.05) is 24.3 Å². The fourth-order valence-corrected chi connectivity index (χ4v) is 3.43. The van der Waals surface area contributed by atoms with Crippen molar-refractivity contribution >= 4 is 21.7 Å². The predicted octanol–water partition coefficient (Wildman–Crippen LogP) is 2.86. The van der Waals surface area contributed by atoms with Crippen molar-refractivity contribution in [2.24, 2.45) is 7.05 Å². The first-order valence-corrected chi connectivity index (χ1v) is 8.51. The highest BCUT2D eigenvalue weighted by molar-refractivity contribution is 6.06. The fraction of sp³-hybridized carbons (Fsp3) is 0.190. The van der Waals surface area contributed by atoms with Crippen LogP contribution in [0.25, 0.3) is 21.7 Å². The van der Waals surface area contributed by atoms with Crippen molar-refractivity contribution in [2.75, 3.05) is 0 Å². The van der Waals surface area contributed by atoms with E-state index < -0.39 is 0 Å². The van der Waals surface area contributed by atoms with Gasteiger partial charge in [0.15, 0.2) is 0 Å². The van der Waals surface area contributed by atoms with Gasteiger partial charge >= 0.3 is 5.63 Å². The van der Waals surface area contributed by atoms with Gasteiger partial charge in [-0.1, -0.05) is 30.3 Å². The van der Waals surface area contributed by atoms with Gasteiger partial charge < -0.3 is 14.3 Å². The third-order valence-corrected chi connectivity index (χ3v) is 4.91. The largest absolute Gasteiger partial charge is 0.423 e. The van der Waals surface area contributed by atoms with Crippen LogP contribution in [0, 0.1) is 6.92 Å². The number of aryl methyl sites for hydroxylation is 1. The Kier molecular flexibility index (Phi) is 3.90. The van der Waals surface area contributed by atoms with Crippen molar-refractivity contribution in [2.45, 2.75) is 20.0 Å². The Labute approximate surface area is 145 Å². The number of quaternary nitrogens is 1. The highest BCUT2D eigenvalue weighted by Crippen LogP contribution is 2.26. The molecule has 0 saturated heterocycles. The van der Waals surface area contributed by atoms with Crippen molar-refractivity contribution in [3.05, 3.63) is 82.0 Å². The predicted molar refractivity (Wildman–Crippen MR) is 99.5 cm³/mol. The lowest BCUT2D eigenvalue weighted by Crippen LogP contribution is -2.81. The Bertz CT molecular complexity index is 1120. The number of fused-ring (bicyclic) bond motifs is 3. The molecule has 4 nitrogen and oxygen atoms in total. The average molecular weight is 333 g/mol. The SMILES string of the molecule is Cc1ccc(C[NH2+]Cc2cc(=O)oc3ccc4ccccc4c23)n1C. The highest BCUT2D eigenvalue weighted by atomic mass is 16.4. The lowest BCUT2D eigenvalue weighted by molar-refractivity contribution is -0.686. The standard InChI is InChI=1S/C21H20N2O2/c1-14-7-9-17(23(14)2)13-22-12-16-11-20(24)25-19-10-8-15-5-3-4-6-18(15)21(16)19/h3-11,22H,12-13H2,1-2H3/p+1. The monoisotopic (exact) mass is 333 g/mol. The van der Waals surface area contributed by atoms with Gasteiger partial charge in [0.1, 0.15) is 18.7 Å². The molecule has 2 aromatic heterocycles. The van der Waals surface area contributed by atoms with E-state index in [0.29, 0.717) is 5.58 Å². The second-order valence-corrected chi connectivity index (χ2v) is 6.47. The van der Waals surface area contributed by atoms with Crippen molar-refractivity contribution in [1.29, 1.82) is 0 Å². The van der Waals surface area contributed by atoms with E-state index in [-0.39, 0.29) is 5.63 Å². The molecular formula is C21H21N2O2+. The molecule has 0 aliphatic heterocycles. The number of hydrogen-bond acceptors (Lipinski definition) is 2. The molecule has 0 aliphatic rings. The minimum atomic E-state index is -0.291. The zero-order valence-corrected chi connectivity index (χ0v) is 14.5. The molecule has 0 unspecified atom stereocenters. The summed E-state index contributed by atoms with van der Waals surface area (Å²) >= 11 is 0. The van der Waals surface area contributed by atoms with Crippen LogP contribution in [-0.4, -0.2) is 4.57 Å². The molecule has 2 heterocycles. The van der Waals surface area contributed by atoms with Gasteiger partial charge in [-0.05, 0) is 35.9 Å². The summed E-state index contributed by atoms with van der Waals surface area (Å²) in [5.41, 5.74) is 3.91. The third kappa shape index (κ3) is 2.85.